The van der Waals surface area contributed by atoms with Gasteiger partial charge in [0.25, 0.3) is 0 Å². The fourth-order valence-corrected chi connectivity index (χ4v) is 2.04. The lowest BCUT2D eigenvalue weighted by molar-refractivity contribution is 0.554. The average Bonchev–Trinajstić information content (AvgIpc) is 2.41. The van der Waals surface area contributed by atoms with Gasteiger partial charge in [0.05, 0.1) is 5.69 Å². The Hall–Kier alpha value is -1.42. The summed E-state index contributed by atoms with van der Waals surface area (Å²) in [6, 6.07) is 8.08. The molecule has 0 aromatic carbocycles. The van der Waals surface area contributed by atoms with E-state index in [1.54, 1.807) is 6.20 Å². The highest BCUT2D eigenvalue weighted by molar-refractivity contribution is 9.10. The summed E-state index contributed by atoms with van der Waals surface area (Å²) in [5.74, 6) is 0.901. The van der Waals surface area contributed by atoms with E-state index in [1.165, 1.54) is 5.56 Å². The number of hydrogen-bond acceptors (Lipinski definition) is 3. The summed E-state index contributed by atoms with van der Waals surface area (Å²) in [5.41, 5.74) is 2.22. The minimum atomic E-state index is 0.0108. The molecular weight excluding hydrogens is 302 g/mol. The quantitative estimate of drug-likeness (QED) is 0.927. The molecule has 0 aliphatic heterocycles. The number of hydrogen-bond donors (Lipinski definition) is 1. The topological polar surface area (TPSA) is 37.8 Å². The van der Waals surface area contributed by atoms with Crippen LogP contribution in [0.2, 0.25) is 0 Å². The maximum Gasteiger partial charge on any atom is 0.126 e. The fraction of sp³-hybridized carbons (Fsp3) is 0.333. The number of rotatable bonds is 4. The molecule has 0 fully saturated rings. The summed E-state index contributed by atoms with van der Waals surface area (Å²) in [6.45, 7) is 7.19. The Balaban J connectivity index is 2.07. The smallest absolute Gasteiger partial charge is 0.126 e. The summed E-state index contributed by atoms with van der Waals surface area (Å²) in [7, 11) is 0. The van der Waals surface area contributed by atoms with Crippen LogP contribution in [0.1, 0.15) is 25.1 Å². The Bertz CT molecular complexity index is 553. The van der Waals surface area contributed by atoms with E-state index in [1.807, 2.05) is 31.3 Å². The molecule has 2 aromatic rings. The molecule has 0 aliphatic carbocycles. The van der Waals surface area contributed by atoms with E-state index in [2.05, 4.69) is 51.1 Å². The highest BCUT2D eigenvalue weighted by Gasteiger charge is 2.20. The molecule has 2 heterocycles. The predicted molar refractivity (Wildman–Crippen MR) is 82.4 cm³/mol. The molecule has 2 rings (SSSR count). The molecular formula is C15H18BrN3. The van der Waals surface area contributed by atoms with Crippen LogP contribution in [0.4, 0.5) is 5.82 Å². The maximum atomic E-state index is 4.50. The van der Waals surface area contributed by atoms with Gasteiger partial charge in [-0.1, -0.05) is 19.9 Å². The van der Waals surface area contributed by atoms with E-state index in [0.29, 0.717) is 0 Å². The van der Waals surface area contributed by atoms with Crippen molar-refractivity contribution >= 4 is 21.7 Å². The zero-order valence-electron chi connectivity index (χ0n) is 11.4. The second kappa shape index (κ2) is 5.70. The minimum Gasteiger partial charge on any atom is -0.369 e. The lowest BCUT2D eigenvalue weighted by atomic mass is 9.86. The van der Waals surface area contributed by atoms with E-state index in [0.717, 1.165) is 22.5 Å². The number of pyridine rings is 2. The number of aryl methyl sites for hydroxylation is 1. The largest absolute Gasteiger partial charge is 0.369 e. The van der Waals surface area contributed by atoms with Gasteiger partial charge in [0.15, 0.2) is 0 Å². The molecule has 0 amide bonds. The standard InChI is InChI=1S/C15H18BrN3/c1-11-13(16)6-7-14(19-11)18-10-15(2,3)12-5-4-8-17-9-12/h4-9H,10H2,1-3H3,(H,18,19). The Labute approximate surface area is 122 Å². The third kappa shape index (κ3) is 3.53. The molecule has 4 heteroatoms. The van der Waals surface area contributed by atoms with Crippen LogP contribution >= 0.6 is 15.9 Å². The van der Waals surface area contributed by atoms with E-state index in [4.69, 9.17) is 0 Å². The first-order chi connectivity index (χ1) is 8.99. The van der Waals surface area contributed by atoms with Gasteiger partial charge in [-0.2, -0.15) is 0 Å². The first-order valence-electron chi connectivity index (χ1n) is 6.26. The third-order valence-corrected chi connectivity index (χ3v) is 4.01. The molecule has 100 valence electrons. The molecule has 0 aliphatic rings. The summed E-state index contributed by atoms with van der Waals surface area (Å²) in [5, 5.41) is 3.39. The SMILES string of the molecule is Cc1nc(NCC(C)(C)c2cccnc2)ccc1Br. The van der Waals surface area contributed by atoms with Gasteiger partial charge in [-0.3, -0.25) is 4.98 Å². The van der Waals surface area contributed by atoms with Gasteiger partial charge in [-0.25, -0.2) is 4.98 Å². The van der Waals surface area contributed by atoms with Crippen LogP contribution < -0.4 is 5.32 Å². The molecule has 3 nitrogen and oxygen atoms in total. The fourth-order valence-electron chi connectivity index (χ4n) is 1.82. The van der Waals surface area contributed by atoms with Crippen LogP contribution in [0.15, 0.2) is 41.1 Å². The average molecular weight is 320 g/mol. The van der Waals surface area contributed by atoms with Crippen LogP contribution in [0.3, 0.4) is 0 Å². The summed E-state index contributed by atoms with van der Waals surface area (Å²) in [4.78, 5) is 8.68. The Morgan fingerprint density at radius 3 is 2.68 bits per heavy atom. The molecule has 0 unspecified atom stereocenters. The number of anilines is 1. The second-order valence-corrected chi connectivity index (χ2v) is 6.10. The van der Waals surface area contributed by atoms with Crippen LogP contribution in [0.5, 0.6) is 0 Å². The van der Waals surface area contributed by atoms with Gasteiger partial charge in [0, 0.05) is 28.8 Å². The van der Waals surface area contributed by atoms with Gasteiger partial charge in [-0.05, 0) is 46.6 Å². The predicted octanol–water partition coefficient (Wildman–Crippen LogP) is 3.94. The lowest BCUT2D eigenvalue weighted by Crippen LogP contribution is -2.28. The first-order valence-corrected chi connectivity index (χ1v) is 7.06. The van der Waals surface area contributed by atoms with Crippen molar-refractivity contribution in [3.8, 4) is 0 Å². The van der Waals surface area contributed by atoms with Crippen molar-refractivity contribution in [3.63, 3.8) is 0 Å². The summed E-state index contributed by atoms with van der Waals surface area (Å²) < 4.78 is 1.03. The van der Waals surface area contributed by atoms with Gasteiger partial charge < -0.3 is 5.32 Å². The molecule has 0 bridgehead atoms. The molecule has 0 atom stereocenters. The van der Waals surface area contributed by atoms with Crippen molar-refractivity contribution in [1.29, 1.82) is 0 Å². The first kappa shape index (κ1) is 14.0. The van der Waals surface area contributed by atoms with Crippen molar-refractivity contribution in [2.24, 2.45) is 0 Å². The maximum absolute atomic E-state index is 4.50. The van der Waals surface area contributed by atoms with Gasteiger partial charge >= 0.3 is 0 Å². The normalized spacial score (nSPS) is 11.4. The molecule has 0 saturated carbocycles. The molecule has 0 spiro atoms. The number of aromatic nitrogens is 2. The second-order valence-electron chi connectivity index (χ2n) is 5.24. The zero-order valence-corrected chi connectivity index (χ0v) is 13.0. The number of nitrogens with zero attached hydrogens (tertiary/aromatic N) is 2. The van der Waals surface area contributed by atoms with Crippen molar-refractivity contribution in [1.82, 2.24) is 9.97 Å². The van der Waals surface area contributed by atoms with Crippen molar-refractivity contribution in [2.45, 2.75) is 26.2 Å². The van der Waals surface area contributed by atoms with Crippen LogP contribution in [-0.2, 0) is 5.41 Å². The van der Waals surface area contributed by atoms with Crippen LogP contribution in [-0.4, -0.2) is 16.5 Å². The Kier molecular flexibility index (Phi) is 4.20. The van der Waals surface area contributed by atoms with Crippen LogP contribution in [0.25, 0.3) is 0 Å². The third-order valence-electron chi connectivity index (χ3n) is 3.18. The Morgan fingerprint density at radius 1 is 1.26 bits per heavy atom. The molecule has 1 N–H and O–H groups in total. The van der Waals surface area contributed by atoms with Gasteiger partial charge in [-0.15, -0.1) is 0 Å². The van der Waals surface area contributed by atoms with E-state index >= 15 is 0 Å². The molecule has 19 heavy (non-hydrogen) atoms. The number of nitrogens with one attached hydrogen (secondary N) is 1. The lowest BCUT2D eigenvalue weighted by Gasteiger charge is -2.25. The van der Waals surface area contributed by atoms with Crippen LogP contribution in [0, 0.1) is 6.92 Å². The van der Waals surface area contributed by atoms with E-state index < -0.39 is 0 Å². The van der Waals surface area contributed by atoms with E-state index in [9.17, 15) is 0 Å². The molecule has 2 aromatic heterocycles. The molecule has 0 saturated heterocycles. The number of halogens is 1. The highest BCUT2D eigenvalue weighted by atomic mass is 79.9. The highest BCUT2D eigenvalue weighted by Crippen LogP contribution is 2.23. The van der Waals surface area contributed by atoms with Crippen molar-refractivity contribution in [3.05, 3.63) is 52.4 Å². The summed E-state index contributed by atoms with van der Waals surface area (Å²) >= 11 is 3.46. The Morgan fingerprint density at radius 2 is 2.05 bits per heavy atom. The monoisotopic (exact) mass is 319 g/mol. The van der Waals surface area contributed by atoms with Gasteiger partial charge in [0.2, 0.25) is 0 Å². The van der Waals surface area contributed by atoms with Crippen molar-refractivity contribution in [2.75, 3.05) is 11.9 Å². The zero-order chi connectivity index (χ0) is 13.9. The van der Waals surface area contributed by atoms with Crippen molar-refractivity contribution < 1.29 is 0 Å². The molecule has 0 radical (unpaired) electrons. The summed E-state index contributed by atoms with van der Waals surface area (Å²) in [6.07, 6.45) is 3.72. The van der Waals surface area contributed by atoms with E-state index in [-0.39, 0.29) is 5.41 Å². The van der Waals surface area contributed by atoms with Gasteiger partial charge in [0.1, 0.15) is 5.82 Å². The minimum absolute atomic E-state index is 0.0108.